The fourth-order valence-corrected chi connectivity index (χ4v) is 3.14. The summed E-state index contributed by atoms with van der Waals surface area (Å²) in [5, 5.41) is 0.149. The van der Waals surface area contributed by atoms with Crippen molar-refractivity contribution in [2.24, 2.45) is 5.41 Å². The SMILES string of the molecule is C[C@H](CN1CCC(C)(C)CC1)c1cc(Cl)cc(C(F)(F)F)c1. The topological polar surface area (TPSA) is 3.24 Å². The Labute approximate surface area is 135 Å². The Kier molecular flexibility index (Phi) is 5.13. The van der Waals surface area contributed by atoms with Crippen LogP contribution in [0, 0.1) is 5.41 Å². The molecule has 0 unspecified atom stereocenters. The van der Waals surface area contributed by atoms with Crippen molar-refractivity contribution >= 4 is 11.6 Å². The molecule has 1 nitrogen and oxygen atoms in total. The Morgan fingerprint density at radius 3 is 2.32 bits per heavy atom. The summed E-state index contributed by atoms with van der Waals surface area (Å²) in [5.74, 6) is 0.0287. The van der Waals surface area contributed by atoms with Crippen LogP contribution in [0.15, 0.2) is 18.2 Å². The number of piperidine rings is 1. The van der Waals surface area contributed by atoms with Crippen LogP contribution in [0.25, 0.3) is 0 Å². The minimum absolute atomic E-state index is 0.0287. The molecular formula is C17H23ClF3N. The summed E-state index contributed by atoms with van der Waals surface area (Å²) >= 11 is 5.87. The molecule has 0 N–H and O–H groups in total. The Morgan fingerprint density at radius 2 is 1.77 bits per heavy atom. The van der Waals surface area contributed by atoms with Crippen molar-refractivity contribution in [3.05, 3.63) is 34.3 Å². The van der Waals surface area contributed by atoms with Gasteiger partial charge in [-0.15, -0.1) is 0 Å². The molecule has 22 heavy (non-hydrogen) atoms. The van der Waals surface area contributed by atoms with Gasteiger partial charge >= 0.3 is 6.18 Å². The Balaban J connectivity index is 2.07. The molecule has 1 atom stereocenters. The van der Waals surface area contributed by atoms with Crippen molar-refractivity contribution < 1.29 is 13.2 Å². The van der Waals surface area contributed by atoms with Crippen LogP contribution in [0.3, 0.4) is 0 Å². The van der Waals surface area contributed by atoms with Crippen molar-refractivity contribution in [3.8, 4) is 0 Å². The Hall–Kier alpha value is -0.740. The van der Waals surface area contributed by atoms with Crippen LogP contribution in [-0.4, -0.2) is 24.5 Å². The van der Waals surface area contributed by atoms with Crippen molar-refractivity contribution in [1.29, 1.82) is 0 Å². The Morgan fingerprint density at radius 1 is 1.18 bits per heavy atom. The summed E-state index contributed by atoms with van der Waals surface area (Å²) in [6.45, 7) is 9.27. The van der Waals surface area contributed by atoms with E-state index in [-0.39, 0.29) is 10.9 Å². The molecule has 2 rings (SSSR count). The summed E-state index contributed by atoms with van der Waals surface area (Å²) in [6.07, 6.45) is -2.10. The van der Waals surface area contributed by atoms with Gasteiger partial charge in [0.15, 0.2) is 0 Å². The molecule has 0 spiro atoms. The zero-order valence-electron chi connectivity index (χ0n) is 13.3. The van der Waals surface area contributed by atoms with E-state index >= 15 is 0 Å². The molecule has 1 aromatic carbocycles. The first-order valence-corrected chi connectivity index (χ1v) is 8.05. The molecule has 0 aliphatic carbocycles. The molecule has 1 aliphatic rings. The van der Waals surface area contributed by atoms with E-state index in [0.717, 1.165) is 38.5 Å². The summed E-state index contributed by atoms with van der Waals surface area (Å²) in [4.78, 5) is 2.34. The third kappa shape index (κ3) is 4.63. The molecule has 124 valence electrons. The quantitative estimate of drug-likeness (QED) is 0.697. The van der Waals surface area contributed by atoms with E-state index in [1.807, 2.05) is 6.92 Å². The largest absolute Gasteiger partial charge is 0.416 e. The zero-order chi connectivity index (χ0) is 16.5. The van der Waals surface area contributed by atoms with Gasteiger partial charge in [0, 0.05) is 11.6 Å². The number of rotatable bonds is 3. The molecule has 1 aromatic rings. The smallest absolute Gasteiger partial charge is 0.303 e. The highest BCUT2D eigenvalue weighted by Gasteiger charge is 2.32. The molecule has 0 radical (unpaired) electrons. The highest BCUT2D eigenvalue weighted by Crippen LogP contribution is 2.35. The van der Waals surface area contributed by atoms with E-state index < -0.39 is 11.7 Å². The van der Waals surface area contributed by atoms with Gasteiger partial charge in [-0.05, 0) is 61.0 Å². The predicted octanol–water partition coefficient (Wildman–Crippen LogP) is 5.58. The van der Waals surface area contributed by atoms with Crippen LogP contribution < -0.4 is 0 Å². The molecule has 1 fully saturated rings. The van der Waals surface area contributed by atoms with E-state index in [1.54, 1.807) is 6.07 Å². The van der Waals surface area contributed by atoms with Crippen molar-refractivity contribution in [2.75, 3.05) is 19.6 Å². The van der Waals surface area contributed by atoms with Crippen LogP contribution in [0.4, 0.5) is 13.2 Å². The first kappa shape index (κ1) is 17.6. The van der Waals surface area contributed by atoms with Gasteiger partial charge in [0.05, 0.1) is 5.56 Å². The van der Waals surface area contributed by atoms with Crippen molar-refractivity contribution in [3.63, 3.8) is 0 Å². The average molecular weight is 334 g/mol. The van der Waals surface area contributed by atoms with Gasteiger partial charge < -0.3 is 4.90 Å². The van der Waals surface area contributed by atoms with Gasteiger partial charge in [-0.2, -0.15) is 13.2 Å². The molecule has 0 amide bonds. The van der Waals surface area contributed by atoms with Gasteiger partial charge in [-0.25, -0.2) is 0 Å². The van der Waals surface area contributed by atoms with Gasteiger partial charge in [0.1, 0.15) is 0 Å². The lowest BCUT2D eigenvalue weighted by molar-refractivity contribution is -0.137. The molecule has 0 aromatic heterocycles. The first-order chi connectivity index (χ1) is 10.1. The molecule has 1 heterocycles. The lowest BCUT2D eigenvalue weighted by Gasteiger charge is -2.38. The molecule has 5 heteroatoms. The summed E-state index contributed by atoms with van der Waals surface area (Å²) in [5.41, 5.74) is 0.366. The number of nitrogens with zero attached hydrogens (tertiary/aromatic N) is 1. The van der Waals surface area contributed by atoms with Gasteiger partial charge in [-0.1, -0.05) is 32.4 Å². The first-order valence-electron chi connectivity index (χ1n) is 7.67. The van der Waals surface area contributed by atoms with Crippen molar-refractivity contribution in [2.45, 2.75) is 45.7 Å². The second kappa shape index (κ2) is 6.40. The monoisotopic (exact) mass is 333 g/mol. The molecule has 1 aliphatic heterocycles. The van der Waals surface area contributed by atoms with Crippen LogP contribution in [0.1, 0.15) is 50.7 Å². The molecule has 0 saturated carbocycles. The van der Waals surface area contributed by atoms with Gasteiger partial charge in [0.25, 0.3) is 0 Å². The van der Waals surface area contributed by atoms with E-state index in [0.29, 0.717) is 11.0 Å². The number of hydrogen-bond acceptors (Lipinski definition) is 1. The zero-order valence-corrected chi connectivity index (χ0v) is 14.1. The maximum Gasteiger partial charge on any atom is 0.416 e. The van der Waals surface area contributed by atoms with Crippen LogP contribution in [-0.2, 0) is 6.18 Å². The van der Waals surface area contributed by atoms with E-state index in [2.05, 4.69) is 18.7 Å². The lowest BCUT2D eigenvalue weighted by Crippen LogP contribution is -2.39. The van der Waals surface area contributed by atoms with E-state index in [4.69, 9.17) is 11.6 Å². The highest BCUT2D eigenvalue weighted by atomic mass is 35.5. The number of halogens is 4. The normalized spacial score (nSPS) is 20.9. The third-order valence-electron chi connectivity index (χ3n) is 4.56. The molecule has 0 bridgehead atoms. The minimum Gasteiger partial charge on any atom is -0.303 e. The van der Waals surface area contributed by atoms with Crippen molar-refractivity contribution in [1.82, 2.24) is 4.90 Å². The van der Waals surface area contributed by atoms with Crippen LogP contribution >= 0.6 is 11.6 Å². The minimum atomic E-state index is -4.35. The summed E-state index contributed by atoms with van der Waals surface area (Å²) < 4.78 is 38.7. The Bertz CT molecular complexity index is 515. The van der Waals surface area contributed by atoms with Crippen LogP contribution in [0.5, 0.6) is 0 Å². The second-order valence-corrected chi connectivity index (χ2v) is 7.57. The average Bonchev–Trinajstić information content (AvgIpc) is 2.39. The fourth-order valence-electron chi connectivity index (χ4n) is 2.89. The maximum absolute atomic E-state index is 12.9. The fraction of sp³-hybridized carbons (Fsp3) is 0.647. The highest BCUT2D eigenvalue weighted by molar-refractivity contribution is 6.30. The van der Waals surface area contributed by atoms with E-state index in [9.17, 15) is 13.2 Å². The maximum atomic E-state index is 12.9. The van der Waals surface area contributed by atoms with Crippen LogP contribution in [0.2, 0.25) is 5.02 Å². The second-order valence-electron chi connectivity index (χ2n) is 7.14. The number of hydrogen-bond donors (Lipinski definition) is 0. The number of alkyl halides is 3. The molecule has 1 saturated heterocycles. The number of likely N-dealkylation sites (tertiary alicyclic amines) is 1. The summed E-state index contributed by atoms with van der Waals surface area (Å²) in [6, 6.07) is 3.86. The summed E-state index contributed by atoms with van der Waals surface area (Å²) in [7, 11) is 0. The standard InChI is InChI=1S/C17H23ClF3N/c1-12(11-22-6-4-16(2,3)5-7-22)13-8-14(17(19,20)21)10-15(18)9-13/h8-10,12H,4-7,11H2,1-3H3/t12-/m1/s1. The predicted molar refractivity (Wildman–Crippen MR) is 84.3 cm³/mol. The molecular weight excluding hydrogens is 311 g/mol. The lowest BCUT2D eigenvalue weighted by atomic mass is 9.82. The third-order valence-corrected chi connectivity index (χ3v) is 4.78. The van der Waals surface area contributed by atoms with E-state index in [1.165, 1.54) is 6.07 Å². The van der Waals surface area contributed by atoms with Gasteiger partial charge in [0.2, 0.25) is 0 Å². The number of benzene rings is 1. The van der Waals surface area contributed by atoms with Gasteiger partial charge in [-0.3, -0.25) is 0 Å².